The van der Waals surface area contributed by atoms with E-state index in [0.717, 1.165) is 37.0 Å². The van der Waals surface area contributed by atoms with E-state index < -0.39 is 0 Å². The van der Waals surface area contributed by atoms with Gasteiger partial charge in [0.25, 0.3) is 0 Å². The lowest BCUT2D eigenvalue weighted by Gasteiger charge is -2.33. The minimum absolute atomic E-state index is 0.280. The minimum Gasteiger partial charge on any atom is -0.286 e. The number of aryl methyl sites for hydroxylation is 1. The second-order valence-corrected chi connectivity index (χ2v) is 4.93. The van der Waals surface area contributed by atoms with Crippen LogP contribution in [0.2, 0.25) is 0 Å². The van der Waals surface area contributed by atoms with Gasteiger partial charge in [-0.1, -0.05) is 6.42 Å². The number of H-pyrrole nitrogens is 1. The quantitative estimate of drug-likeness (QED) is 0.906. The second kappa shape index (κ2) is 5.44. The molecule has 0 saturated carbocycles. The highest BCUT2D eigenvalue weighted by Gasteiger charge is 2.27. The number of hydrogen-bond acceptors (Lipinski definition) is 5. The highest BCUT2D eigenvalue weighted by molar-refractivity contribution is 4.99. The summed E-state index contributed by atoms with van der Waals surface area (Å²) < 4.78 is 0. The van der Waals surface area contributed by atoms with Gasteiger partial charge in [0.1, 0.15) is 11.6 Å². The first-order valence-electron chi connectivity index (χ1n) is 6.72. The van der Waals surface area contributed by atoms with Crippen LogP contribution in [0.4, 0.5) is 0 Å². The van der Waals surface area contributed by atoms with Gasteiger partial charge in [-0.25, -0.2) is 15.0 Å². The topological polar surface area (TPSA) is 70.6 Å². The number of rotatable bonds is 3. The molecule has 19 heavy (non-hydrogen) atoms. The van der Waals surface area contributed by atoms with E-state index in [4.69, 9.17) is 0 Å². The van der Waals surface area contributed by atoms with Gasteiger partial charge in [-0.2, -0.15) is 5.10 Å². The summed E-state index contributed by atoms with van der Waals surface area (Å²) in [6, 6.07) is 2.12. The van der Waals surface area contributed by atoms with E-state index >= 15 is 0 Å². The van der Waals surface area contributed by atoms with Crippen LogP contribution in [-0.2, 0) is 6.54 Å². The number of nitrogens with one attached hydrogen (secondary N) is 1. The molecule has 0 radical (unpaired) electrons. The molecule has 0 bridgehead atoms. The maximum absolute atomic E-state index is 4.48. The fourth-order valence-electron chi connectivity index (χ4n) is 2.57. The first-order valence-corrected chi connectivity index (χ1v) is 6.72. The van der Waals surface area contributed by atoms with Crippen molar-refractivity contribution in [3.05, 3.63) is 35.9 Å². The zero-order valence-corrected chi connectivity index (χ0v) is 11.1. The molecule has 0 aromatic carbocycles. The van der Waals surface area contributed by atoms with Crippen LogP contribution in [0.25, 0.3) is 0 Å². The van der Waals surface area contributed by atoms with E-state index in [1.165, 1.54) is 12.8 Å². The summed E-state index contributed by atoms with van der Waals surface area (Å²) in [6.45, 7) is 3.75. The number of hydrogen-bond donors (Lipinski definition) is 1. The van der Waals surface area contributed by atoms with Crippen molar-refractivity contribution in [1.82, 2.24) is 30.0 Å². The molecule has 100 valence electrons. The maximum atomic E-state index is 4.48. The SMILES string of the molecule is Cc1nc(C2CCCCN2Cc2ncccn2)n[nH]1. The molecule has 2 aromatic heterocycles. The van der Waals surface area contributed by atoms with Gasteiger partial charge < -0.3 is 0 Å². The zero-order valence-electron chi connectivity index (χ0n) is 11.1. The molecule has 0 aliphatic carbocycles. The third-order valence-electron chi connectivity index (χ3n) is 3.49. The summed E-state index contributed by atoms with van der Waals surface area (Å²) in [5, 5.41) is 7.24. The van der Waals surface area contributed by atoms with Crippen LogP contribution in [0.3, 0.4) is 0 Å². The van der Waals surface area contributed by atoms with Gasteiger partial charge in [-0.15, -0.1) is 0 Å². The highest BCUT2D eigenvalue weighted by Crippen LogP contribution is 2.29. The van der Waals surface area contributed by atoms with Crippen molar-refractivity contribution >= 4 is 0 Å². The van der Waals surface area contributed by atoms with Crippen LogP contribution in [0, 0.1) is 6.92 Å². The van der Waals surface area contributed by atoms with Gasteiger partial charge in [-0.3, -0.25) is 10.00 Å². The minimum atomic E-state index is 0.280. The molecule has 0 amide bonds. The molecule has 6 heteroatoms. The Balaban J connectivity index is 1.77. The van der Waals surface area contributed by atoms with E-state index in [-0.39, 0.29) is 6.04 Å². The van der Waals surface area contributed by atoms with Crippen LogP contribution in [0.1, 0.15) is 42.8 Å². The van der Waals surface area contributed by atoms with Crippen molar-refractivity contribution in [1.29, 1.82) is 0 Å². The molecular weight excluding hydrogens is 240 g/mol. The summed E-state index contributed by atoms with van der Waals surface area (Å²) in [6.07, 6.45) is 7.12. The van der Waals surface area contributed by atoms with Gasteiger partial charge in [0.05, 0.1) is 12.6 Å². The number of piperidine rings is 1. The standard InChI is InChI=1S/C13H18N6/c1-10-16-13(18-17-10)11-5-2-3-8-19(11)9-12-14-6-4-7-15-12/h4,6-7,11H,2-3,5,8-9H2,1H3,(H,16,17,18). The van der Waals surface area contributed by atoms with Crippen molar-refractivity contribution in [2.45, 2.75) is 38.8 Å². The predicted octanol–water partition coefficient (Wildman–Crippen LogP) is 1.63. The van der Waals surface area contributed by atoms with E-state index in [1.54, 1.807) is 12.4 Å². The lowest BCUT2D eigenvalue weighted by Crippen LogP contribution is -2.34. The lowest BCUT2D eigenvalue weighted by molar-refractivity contribution is 0.130. The molecule has 3 rings (SSSR count). The number of aromatic amines is 1. The molecule has 1 fully saturated rings. The normalized spacial score (nSPS) is 20.6. The molecule has 1 aliphatic heterocycles. The maximum Gasteiger partial charge on any atom is 0.167 e. The summed E-state index contributed by atoms with van der Waals surface area (Å²) in [5.41, 5.74) is 0. The largest absolute Gasteiger partial charge is 0.286 e. The predicted molar refractivity (Wildman–Crippen MR) is 70.2 cm³/mol. The molecular formula is C13H18N6. The Bertz CT molecular complexity index is 523. The van der Waals surface area contributed by atoms with Gasteiger partial charge in [0.15, 0.2) is 5.82 Å². The van der Waals surface area contributed by atoms with Crippen molar-refractivity contribution in [2.75, 3.05) is 6.54 Å². The van der Waals surface area contributed by atoms with E-state index in [2.05, 4.69) is 30.0 Å². The van der Waals surface area contributed by atoms with Crippen molar-refractivity contribution < 1.29 is 0 Å². The molecule has 1 unspecified atom stereocenters. The van der Waals surface area contributed by atoms with E-state index in [9.17, 15) is 0 Å². The van der Waals surface area contributed by atoms with Crippen molar-refractivity contribution in [3.63, 3.8) is 0 Å². The Morgan fingerprint density at radius 1 is 1.32 bits per heavy atom. The molecule has 1 aliphatic rings. The average Bonchev–Trinajstić information content (AvgIpc) is 2.87. The molecule has 2 aromatic rings. The Morgan fingerprint density at radius 3 is 2.89 bits per heavy atom. The van der Waals surface area contributed by atoms with Crippen LogP contribution < -0.4 is 0 Å². The van der Waals surface area contributed by atoms with Crippen molar-refractivity contribution in [3.8, 4) is 0 Å². The van der Waals surface area contributed by atoms with Crippen LogP contribution in [-0.4, -0.2) is 36.6 Å². The molecule has 1 atom stereocenters. The van der Waals surface area contributed by atoms with Gasteiger partial charge in [0, 0.05) is 12.4 Å². The molecule has 6 nitrogen and oxygen atoms in total. The molecule has 3 heterocycles. The fraction of sp³-hybridized carbons (Fsp3) is 0.538. The van der Waals surface area contributed by atoms with E-state index in [1.807, 2.05) is 13.0 Å². The number of nitrogens with zero attached hydrogens (tertiary/aromatic N) is 5. The zero-order chi connectivity index (χ0) is 13.1. The second-order valence-electron chi connectivity index (χ2n) is 4.93. The Labute approximate surface area is 112 Å². The third kappa shape index (κ3) is 2.78. The monoisotopic (exact) mass is 258 g/mol. The Kier molecular flexibility index (Phi) is 3.50. The third-order valence-corrected chi connectivity index (χ3v) is 3.49. The fourth-order valence-corrected chi connectivity index (χ4v) is 2.57. The number of likely N-dealkylation sites (tertiary alicyclic amines) is 1. The first kappa shape index (κ1) is 12.2. The van der Waals surface area contributed by atoms with Gasteiger partial charge in [-0.05, 0) is 32.4 Å². The molecule has 1 N–H and O–H groups in total. The number of aromatic nitrogens is 5. The summed E-state index contributed by atoms with van der Waals surface area (Å²) in [7, 11) is 0. The van der Waals surface area contributed by atoms with Crippen LogP contribution >= 0.6 is 0 Å². The van der Waals surface area contributed by atoms with E-state index in [0.29, 0.717) is 0 Å². The summed E-state index contributed by atoms with van der Waals surface area (Å²) >= 11 is 0. The van der Waals surface area contributed by atoms with Crippen LogP contribution in [0.15, 0.2) is 18.5 Å². The molecule has 1 saturated heterocycles. The Morgan fingerprint density at radius 2 is 2.16 bits per heavy atom. The van der Waals surface area contributed by atoms with Crippen molar-refractivity contribution in [2.24, 2.45) is 0 Å². The average molecular weight is 258 g/mol. The smallest absolute Gasteiger partial charge is 0.167 e. The van der Waals surface area contributed by atoms with Gasteiger partial charge >= 0.3 is 0 Å². The Hall–Kier alpha value is -1.82. The van der Waals surface area contributed by atoms with Crippen LogP contribution in [0.5, 0.6) is 0 Å². The first-order chi connectivity index (χ1) is 9.33. The highest BCUT2D eigenvalue weighted by atomic mass is 15.3. The lowest BCUT2D eigenvalue weighted by atomic mass is 10.0. The summed E-state index contributed by atoms with van der Waals surface area (Å²) in [4.78, 5) is 15.5. The molecule has 0 spiro atoms. The summed E-state index contributed by atoms with van der Waals surface area (Å²) in [5.74, 6) is 2.63. The van der Waals surface area contributed by atoms with Gasteiger partial charge in [0.2, 0.25) is 0 Å².